The minimum Gasteiger partial charge on any atom is -0.198 e. The van der Waals surface area contributed by atoms with Crippen LogP contribution in [0.25, 0.3) is 0 Å². The average Bonchev–Trinajstić information content (AvgIpc) is 2.28. The van der Waals surface area contributed by atoms with Crippen molar-refractivity contribution in [1.82, 2.24) is 0 Å². The fourth-order valence-corrected chi connectivity index (χ4v) is 1.70. The van der Waals surface area contributed by atoms with E-state index in [1.54, 1.807) is 0 Å². The van der Waals surface area contributed by atoms with Gasteiger partial charge in [-0.3, -0.25) is 0 Å². The Kier molecular flexibility index (Phi) is 4.90. The van der Waals surface area contributed by atoms with Crippen LogP contribution in [0.15, 0.2) is 24.3 Å². The van der Waals surface area contributed by atoms with Crippen molar-refractivity contribution in [2.24, 2.45) is 5.92 Å². The highest BCUT2D eigenvalue weighted by molar-refractivity contribution is 5.23. The third-order valence-electron chi connectivity index (χ3n) is 2.72. The van der Waals surface area contributed by atoms with Gasteiger partial charge < -0.3 is 0 Å². The summed E-state index contributed by atoms with van der Waals surface area (Å²) < 4.78 is 0. The topological polar surface area (TPSA) is 23.8 Å². The Balaban J connectivity index is 2.60. The minimum absolute atomic E-state index is 0.169. The lowest BCUT2D eigenvalue weighted by atomic mass is 9.97. The maximum atomic E-state index is 8.88. The summed E-state index contributed by atoms with van der Waals surface area (Å²) in [7, 11) is 0. The van der Waals surface area contributed by atoms with Crippen LogP contribution in [0, 0.1) is 17.2 Å². The summed E-state index contributed by atoms with van der Waals surface area (Å²) in [6, 6.07) is 11.0. The SMILES string of the molecule is CCCc1ccc(CC(C#N)CC)cc1. The van der Waals surface area contributed by atoms with Gasteiger partial charge in [-0.2, -0.15) is 5.26 Å². The van der Waals surface area contributed by atoms with Gasteiger partial charge >= 0.3 is 0 Å². The summed E-state index contributed by atoms with van der Waals surface area (Å²) in [6.45, 7) is 4.26. The van der Waals surface area contributed by atoms with E-state index >= 15 is 0 Å². The first-order valence-corrected chi connectivity index (χ1v) is 5.77. The minimum atomic E-state index is 0.169. The van der Waals surface area contributed by atoms with Crippen LogP contribution >= 0.6 is 0 Å². The second-order valence-electron chi connectivity index (χ2n) is 4.00. The molecule has 80 valence electrons. The summed E-state index contributed by atoms with van der Waals surface area (Å²) in [5, 5.41) is 8.88. The second-order valence-corrected chi connectivity index (χ2v) is 4.00. The first kappa shape index (κ1) is 11.8. The van der Waals surface area contributed by atoms with Gasteiger partial charge in [-0.15, -0.1) is 0 Å². The van der Waals surface area contributed by atoms with Crippen molar-refractivity contribution in [2.75, 3.05) is 0 Å². The van der Waals surface area contributed by atoms with Gasteiger partial charge in [-0.05, 0) is 30.4 Å². The van der Waals surface area contributed by atoms with Crippen molar-refractivity contribution in [2.45, 2.75) is 39.5 Å². The van der Waals surface area contributed by atoms with Crippen molar-refractivity contribution in [3.8, 4) is 6.07 Å². The van der Waals surface area contributed by atoms with Crippen LogP contribution in [0.3, 0.4) is 0 Å². The zero-order valence-electron chi connectivity index (χ0n) is 9.66. The normalized spacial score (nSPS) is 12.1. The van der Waals surface area contributed by atoms with E-state index in [1.165, 1.54) is 17.5 Å². The lowest BCUT2D eigenvalue weighted by molar-refractivity contribution is 0.638. The first-order chi connectivity index (χ1) is 7.30. The zero-order chi connectivity index (χ0) is 11.1. The predicted octanol–water partition coefficient (Wildman–Crippen LogP) is 3.73. The summed E-state index contributed by atoms with van der Waals surface area (Å²) in [5.74, 6) is 0.169. The molecule has 1 unspecified atom stereocenters. The molecule has 0 aliphatic rings. The number of nitrogens with zero attached hydrogens (tertiary/aromatic N) is 1. The van der Waals surface area contributed by atoms with Gasteiger partial charge in [-0.25, -0.2) is 0 Å². The number of hydrogen-bond donors (Lipinski definition) is 0. The second kappa shape index (κ2) is 6.24. The number of aryl methyl sites for hydroxylation is 1. The third kappa shape index (κ3) is 3.75. The lowest BCUT2D eigenvalue weighted by Gasteiger charge is -2.06. The highest BCUT2D eigenvalue weighted by Gasteiger charge is 2.05. The molecule has 0 saturated heterocycles. The smallest absolute Gasteiger partial charge is 0.0659 e. The molecular weight excluding hydrogens is 182 g/mol. The molecule has 0 aliphatic carbocycles. The molecule has 0 heterocycles. The fourth-order valence-electron chi connectivity index (χ4n) is 1.70. The molecule has 1 nitrogen and oxygen atoms in total. The van der Waals surface area contributed by atoms with Crippen LogP contribution in [0.1, 0.15) is 37.8 Å². The number of rotatable bonds is 5. The van der Waals surface area contributed by atoms with Crippen molar-refractivity contribution in [3.05, 3.63) is 35.4 Å². The van der Waals surface area contributed by atoms with E-state index < -0.39 is 0 Å². The maximum absolute atomic E-state index is 8.88. The van der Waals surface area contributed by atoms with Gasteiger partial charge in [0.05, 0.1) is 12.0 Å². The largest absolute Gasteiger partial charge is 0.198 e. The zero-order valence-corrected chi connectivity index (χ0v) is 9.66. The van der Waals surface area contributed by atoms with Gasteiger partial charge in [0.15, 0.2) is 0 Å². The molecule has 1 rings (SSSR count). The van der Waals surface area contributed by atoms with E-state index in [0.717, 1.165) is 19.3 Å². The molecule has 0 N–H and O–H groups in total. The fraction of sp³-hybridized carbons (Fsp3) is 0.500. The van der Waals surface area contributed by atoms with E-state index in [4.69, 9.17) is 5.26 Å². The maximum Gasteiger partial charge on any atom is 0.0659 e. The Morgan fingerprint density at radius 1 is 1.13 bits per heavy atom. The Hall–Kier alpha value is -1.29. The van der Waals surface area contributed by atoms with Crippen LogP contribution in [-0.4, -0.2) is 0 Å². The van der Waals surface area contributed by atoms with Crippen LogP contribution < -0.4 is 0 Å². The molecule has 0 aliphatic heterocycles. The highest BCUT2D eigenvalue weighted by Crippen LogP contribution is 2.13. The van der Waals surface area contributed by atoms with E-state index in [9.17, 15) is 0 Å². The molecule has 1 heteroatoms. The molecule has 0 aromatic heterocycles. The van der Waals surface area contributed by atoms with E-state index in [1.807, 2.05) is 0 Å². The van der Waals surface area contributed by atoms with Gasteiger partial charge in [-0.1, -0.05) is 44.5 Å². The summed E-state index contributed by atoms with van der Waals surface area (Å²) >= 11 is 0. The van der Waals surface area contributed by atoms with Crippen LogP contribution in [0.2, 0.25) is 0 Å². The Morgan fingerprint density at radius 2 is 1.73 bits per heavy atom. The number of hydrogen-bond acceptors (Lipinski definition) is 1. The van der Waals surface area contributed by atoms with Crippen LogP contribution in [-0.2, 0) is 12.8 Å². The van der Waals surface area contributed by atoms with E-state index in [2.05, 4.69) is 44.2 Å². The molecule has 0 fully saturated rings. The van der Waals surface area contributed by atoms with E-state index in [-0.39, 0.29) is 5.92 Å². The molecule has 0 radical (unpaired) electrons. The Bertz CT molecular complexity index is 318. The molecule has 1 aromatic rings. The van der Waals surface area contributed by atoms with Gasteiger partial charge in [0.1, 0.15) is 0 Å². The summed E-state index contributed by atoms with van der Waals surface area (Å²) in [4.78, 5) is 0. The molecule has 15 heavy (non-hydrogen) atoms. The molecule has 0 spiro atoms. The third-order valence-corrected chi connectivity index (χ3v) is 2.72. The monoisotopic (exact) mass is 201 g/mol. The van der Waals surface area contributed by atoms with Crippen LogP contribution in [0.5, 0.6) is 0 Å². The summed E-state index contributed by atoms with van der Waals surface area (Å²) in [6.07, 6.45) is 4.16. The van der Waals surface area contributed by atoms with Gasteiger partial charge in [0, 0.05) is 0 Å². The van der Waals surface area contributed by atoms with Crippen LogP contribution in [0.4, 0.5) is 0 Å². The lowest BCUT2D eigenvalue weighted by Crippen LogP contribution is -1.99. The molecular formula is C14H19N. The Labute approximate surface area is 92.7 Å². The summed E-state index contributed by atoms with van der Waals surface area (Å²) in [5.41, 5.74) is 2.68. The highest BCUT2D eigenvalue weighted by atomic mass is 14.3. The van der Waals surface area contributed by atoms with E-state index in [0.29, 0.717) is 0 Å². The Morgan fingerprint density at radius 3 is 2.20 bits per heavy atom. The van der Waals surface area contributed by atoms with Gasteiger partial charge in [0.25, 0.3) is 0 Å². The van der Waals surface area contributed by atoms with Crippen molar-refractivity contribution >= 4 is 0 Å². The standard InChI is InChI=1S/C14H19N/c1-3-5-13-6-8-14(9-7-13)10-12(4-2)11-15/h6-9,12H,3-5,10H2,1-2H3. The van der Waals surface area contributed by atoms with Crippen molar-refractivity contribution in [1.29, 1.82) is 5.26 Å². The van der Waals surface area contributed by atoms with Crippen molar-refractivity contribution in [3.63, 3.8) is 0 Å². The molecule has 0 bridgehead atoms. The molecule has 0 saturated carbocycles. The molecule has 1 aromatic carbocycles. The van der Waals surface area contributed by atoms with Gasteiger partial charge in [0.2, 0.25) is 0 Å². The predicted molar refractivity (Wildman–Crippen MR) is 63.5 cm³/mol. The molecule has 0 amide bonds. The number of benzene rings is 1. The average molecular weight is 201 g/mol. The first-order valence-electron chi connectivity index (χ1n) is 5.77. The molecule has 1 atom stereocenters. The number of nitriles is 1. The quantitative estimate of drug-likeness (QED) is 0.712. The van der Waals surface area contributed by atoms with Crippen molar-refractivity contribution < 1.29 is 0 Å².